The first kappa shape index (κ1) is 14.2. The van der Waals surface area contributed by atoms with Crippen LogP contribution in [0.2, 0.25) is 0 Å². The summed E-state index contributed by atoms with van der Waals surface area (Å²) in [6.07, 6.45) is 4.58. The van der Waals surface area contributed by atoms with Crippen LogP contribution in [0.3, 0.4) is 0 Å². The van der Waals surface area contributed by atoms with E-state index in [1.165, 1.54) is 6.42 Å². The smallest absolute Gasteiger partial charge is 0.251 e. The van der Waals surface area contributed by atoms with E-state index in [2.05, 4.69) is 21.4 Å². The van der Waals surface area contributed by atoms with E-state index in [0.717, 1.165) is 30.9 Å². The third-order valence-electron chi connectivity index (χ3n) is 4.28. The summed E-state index contributed by atoms with van der Waals surface area (Å²) in [6.45, 7) is 2.80. The molecule has 0 saturated carbocycles. The van der Waals surface area contributed by atoms with Gasteiger partial charge < -0.3 is 9.88 Å². The topological polar surface area (TPSA) is 59.8 Å². The van der Waals surface area contributed by atoms with Gasteiger partial charge in [-0.05, 0) is 31.0 Å². The molecule has 0 unspecified atom stereocenters. The zero-order valence-corrected chi connectivity index (χ0v) is 12.3. The van der Waals surface area contributed by atoms with Gasteiger partial charge in [0, 0.05) is 48.7 Å². The van der Waals surface area contributed by atoms with Crippen molar-refractivity contribution in [1.29, 1.82) is 0 Å². The highest BCUT2D eigenvalue weighted by Gasteiger charge is 2.31. The molecule has 2 atom stereocenters. The molecule has 0 aliphatic carbocycles. The number of rotatable bonds is 1. The fourth-order valence-corrected chi connectivity index (χ4v) is 3.38. The summed E-state index contributed by atoms with van der Waals surface area (Å²) >= 11 is 0. The number of hydrogen-bond donors (Lipinski definition) is 1. The number of nitrogens with one attached hydrogen (secondary N) is 1. The number of aromatic nitrogens is 3. The van der Waals surface area contributed by atoms with Crippen molar-refractivity contribution >= 4 is 12.4 Å². The summed E-state index contributed by atoms with van der Waals surface area (Å²) in [4.78, 5) is 20.9. The second-order valence-corrected chi connectivity index (χ2v) is 5.65. The Balaban J connectivity index is 0.00000132. The molecule has 2 aromatic heterocycles. The van der Waals surface area contributed by atoms with Gasteiger partial charge in [-0.3, -0.25) is 4.79 Å². The Morgan fingerprint density at radius 1 is 1.19 bits per heavy atom. The molecule has 1 fully saturated rings. The lowest BCUT2D eigenvalue weighted by atomic mass is 9.84. The fourth-order valence-electron chi connectivity index (χ4n) is 3.38. The van der Waals surface area contributed by atoms with Crippen molar-refractivity contribution in [3.8, 4) is 11.4 Å². The van der Waals surface area contributed by atoms with Crippen LogP contribution in [0.15, 0.2) is 35.4 Å². The van der Waals surface area contributed by atoms with Gasteiger partial charge in [0.1, 0.15) is 0 Å². The standard InChI is InChI=1S/C15H16N4O.ClH/c20-14-6-11(15-17-2-1-3-18-15)5-13-12-4-10(7-16-8-12)9-19(13)14;/h1-3,5-6,10,12,16H,4,7-9H2;1H/t10-,12+;/m0./s1. The molecule has 2 aliphatic rings. The van der Waals surface area contributed by atoms with Gasteiger partial charge in [-0.15, -0.1) is 12.4 Å². The minimum absolute atomic E-state index is 0. The summed E-state index contributed by atoms with van der Waals surface area (Å²) in [5.74, 6) is 1.63. The van der Waals surface area contributed by atoms with E-state index < -0.39 is 0 Å². The Morgan fingerprint density at radius 3 is 2.81 bits per heavy atom. The lowest BCUT2D eigenvalue weighted by molar-refractivity contribution is 0.257. The quantitative estimate of drug-likeness (QED) is 0.866. The Labute approximate surface area is 128 Å². The van der Waals surface area contributed by atoms with Gasteiger partial charge >= 0.3 is 0 Å². The minimum Gasteiger partial charge on any atom is -0.316 e. The van der Waals surface area contributed by atoms with Gasteiger partial charge in [0.2, 0.25) is 0 Å². The van der Waals surface area contributed by atoms with Crippen LogP contribution >= 0.6 is 12.4 Å². The van der Waals surface area contributed by atoms with Crippen LogP contribution in [-0.4, -0.2) is 27.6 Å². The average molecular weight is 305 g/mol. The molecule has 0 amide bonds. The van der Waals surface area contributed by atoms with Crippen molar-refractivity contribution in [1.82, 2.24) is 19.9 Å². The highest BCUT2D eigenvalue weighted by molar-refractivity contribution is 5.85. The lowest BCUT2D eigenvalue weighted by Gasteiger charge is -2.37. The first-order valence-electron chi connectivity index (χ1n) is 7.04. The second-order valence-electron chi connectivity index (χ2n) is 5.65. The molecule has 2 bridgehead atoms. The predicted molar refractivity (Wildman–Crippen MR) is 82.7 cm³/mol. The van der Waals surface area contributed by atoms with Gasteiger partial charge in [-0.2, -0.15) is 0 Å². The number of nitrogens with zero attached hydrogens (tertiary/aromatic N) is 3. The molecule has 0 radical (unpaired) electrons. The van der Waals surface area contributed by atoms with Crippen LogP contribution in [0.5, 0.6) is 0 Å². The minimum atomic E-state index is 0. The Morgan fingerprint density at radius 2 is 2.00 bits per heavy atom. The van der Waals surface area contributed by atoms with Gasteiger partial charge in [0.05, 0.1) is 0 Å². The molecule has 5 nitrogen and oxygen atoms in total. The van der Waals surface area contributed by atoms with Crippen LogP contribution in [-0.2, 0) is 6.54 Å². The third-order valence-corrected chi connectivity index (χ3v) is 4.28. The van der Waals surface area contributed by atoms with Crippen molar-refractivity contribution in [2.24, 2.45) is 5.92 Å². The molecule has 2 aliphatic heterocycles. The van der Waals surface area contributed by atoms with Gasteiger partial charge in [-0.25, -0.2) is 9.97 Å². The van der Waals surface area contributed by atoms with Gasteiger partial charge in [0.15, 0.2) is 5.82 Å². The SMILES string of the molecule is Cl.O=c1cc(-c2ncccn2)cc2n1C[C@@H]1CNC[C@H]2C1. The molecule has 0 spiro atoms. The van der Waals surface area contributed by atoms with Crippen LogP contribution in [0.25, 0.3) is 11.4 Å². The number of halogens is 1. The summed E-state index contributed by atoms with van der Waals surface area (Å²) < 4.78 is 1.94. The first-order chi connectivity index (χ1) is 9.81. The number of pyridine rings is 1. The molecule has 21 heavy (non-hydrogen) atoms. The Kier molecular flexibility index (Phi) is 3.78. The normalized spacial score (nSPS) is 23.0. The second kappa shape index (κ2) is 5.58. The van der Waals surface area contributed by atoms with E-state index in [9.17, 15) is 4.79 Å². The van der Waals surface area contributed by atoms with E-state index in [1.807, 2.05) is 4.57 Å². The van der Waals surface area contributed by atoms with Crippen LogP contribution in [0, 0.1) is 5.92 Å². The first-order valence-corrected chi connectivity index (χ1v) is 7.04. The molecule has 1 N–H and O–H groups in total. The summed E-state index contributed by atoms with van der Waals surface area (Å²) in [6, 6.07) is 5.53. The number of hydrogen-bond acceptors (Lipinski definition) is 4. The van der Waals surface area contributed by atoms with Crippen molar-refractivity contribution < 1.29 is 0 Å². The molecule has 4 rings (SSSR count). The molecule has 4 heterocycles. The summed E-state index contributed by atoms with van der Waals surface area (Å²) in [5.41, 5.74) is 2.02. The van der Waals surface area contributed by atoms with Crippen LogP contribution < -0.4 is 10.9 Å². The van der Waals surface area contributed by atoms with Crippen molar-refractivity contribution in [3.63, 3.8) is 0 Å². The molecule has 6 heteroatoms. The summed E-state index contributed by atoms with van der Waals surface area (Å²) in [7, 11) is 0. The molecule has 110 valence electrons. The maximum atomic E-state index is 12.4. The van der Waals surface area contributed by atoms with Crippen molar-refractivity contribution in [2.75, 3.05) is 13.1 Å². The summed E-state index contributed by atoms with van der Waals surface area (Å²) in [5, 5.41) is 3.46. The average Bonchev–Trinajstić information content (AvgIpc) is 2.49. The maximum absolute atomic E-state index is 12.4. The van der Waals surface area contributed by atoms with Gasteiger partial charge in [0.25, 0.3) is 5.56 Å². The Bertz CT molecular complexity index is 701. The maximum Gasteiger partial charge on any atom is 0.251 e. The Hall–Kier alpha value is -1.72. The van der Waals surface area contributed by atoms with Crippen LogP contribution in [0.4, 0.5) is 0 Å². The highest BCUT2D eigenvalue weighted by atomic mass is 35.5. The van der Waals surface area contributed by atoms with E-state index in [-0.39, 0.29) is 18.0 Å². The number of fused-ring (bicyclic) bond motifs is 4. The van der Waals surface area contributed by atoms with E-state index in [0.29, 0.717) is 17.7 Å². The third kappa shape index (κ3) is 2.47. The largest absolute Gasteiger partial charge is 0.316 e. The van der Waals surface area contributed by atoms with Gasteiger partial charge in [-0.1, -0.05) is 0 Å². The zero-order valence-electron chi connectivity index (χ0n) is 11.5. The van der Waals surface area contributed by atoms with Crippen molar-refractivity contribution in [2.45, 2.75) is 18.9 Å². The van der Waals surface area contributed by atoms with E-state index in [4.69, 9.17) is 0 Å². The molecular weight excluding hydrogens is 288 g/mol. The lowest BCUT2D eigenvalue weighted by Crippen LogP contribution is -2.44. The number of piperidine rings is 1. The van der Waals surface area contributed by atoms with E-state index in [1.54, 1.807) is 24.5 Å². The van der Waals surface area contributed by atoms with Crippen molar-refractivity contribution in [3.05, 3.63) is 46.6 Å². The zero-order chi connectivity index (χ0) is 13.5. The molecule has 0 aromatic carbocycles. The van der Waals surface area contributed by atoms with E-state index >= 15 is 0 Å². The monoisotopic (exact) mass is 304 g/mol. The van der Waals surface area contributed by atoms with Crippen LogP contribution in [0.1, 0.15) is 18.0 Å². The molecule has 1 saturated heterocycles. The predicted octanol–water partition coefficient (Wildman–Crippen LogP) is 1.43. The molecular formula is C15H17ClN4O. The highest BCUT2D eigenvalue weighted by Crippen LogP contribution is 2.33. The molecule has 2 aromatic rings. The fraction of sp³-hybridized carbons (Fsp3) is 0.400.